The van der Waals surface area contributed by atoms with Crippen molar-refractivity contribution in [1.29, 1.82) is 0 Å². The Hall–Kier alpha value is 0.320. The predicted molar refractivity (Wildman–Crippen MR) is 52.5 cm³/mol. The lowest BCUT2D eigenvalue weighted by Crippen LogP contribution is -2.00. The van der Waals surface area contributed by atoms with Crippen molar-refractivity contribution in [2.45, 2.75) is 6.54 Å². The molecule has 0 spiro atoms. The molecule has 0 saturated heterocycles. The lowest BCUT2D eigenvalue weighted by Gasteiger charge is -1.98. The lowest BCUT2D eigenvalue weighted by atomic mass is 10.3. The SMILES string of the molecule is NCc1cc(Br)cnc1I. The highest BCUT2D eigenvalue weighted by Crippen LogP contribution is 2.14. The molecule has 0 atom stereocenters. The van der Waals surface area contributed by atoms with Crippen molar-refractivity contribution in [3.63, 3.8) is 0 Å². The van der Waals surface area contributed by atoms with Crippen LogP contribution in [-0.4, -0.2) is 4.98 Å². The minimum Gasteiger partial charge on any atom is -0.326 e. The Labute approximate surface area is 81.5 Å². The van der Waals surface area contributed by atoms with Crippen LogP contribution in [-0.2, 0) is 6.54 Å². The summed E-state index contributed by atoms with van der Waals surface area (Å²) >= 11 is 5.48. The fraction of sp³-hybridized carbons (Fsp3) is 0.167. The maximum Gasteiger partial charge on any atom is 0.105 e. The molecule has 1 aromatic heterocycles. The second kappa shape index (κ2) is 3.64. The lowest BCUT2D eigenvalue weighted by molar-refractivity contribution is 1.02. The van der Waals surface area contributed by atoms with Crippen LogP contribution in [0.2, 0.25) is 0 Å². The molecule has 0 aliphatic carbocycles. The van der Waals surface area contributed by atoms with E-state index in [4.69, 9.17) is 5.73 Å². The minimum absolute atomic E-state index is 0.546. The molecular weight excluding hydrogens is 307 g/mol. The standard InChI is InChI=1S/C6H6BrIN2/c7-5-1-4(2-9)6(8)10-3-5/h1,3H,2,9H2. The van der Waals surface area contributed by atoms with E-state index in [9.17, 15) is 0 Å². The summed E-state index contributed by atoms with van der Waals surface area (Å²) in [5.41, 5.74) is 6.53. The number of rotatable bonds is 1. The van der Waals surface area contributed by atoms with E-state index < -0.39 is 0 Å². The highest BCUT2D eigenvalue weighted by Gasteiger charge is 1.97. The second-order valence-electron chi connectivity index (χ2n) is 1.81. The highest BCUT2D eigenvalue weighted by molar-refractivity contribution is 14.1. The Balaban J connectivity index is 3.09. The van der Waals surface area contributed by atoms with Gasteiger partial charge in [0.2, 0.25) is 0 Å². The van der Waals surface area contributed by atoms with Crippen LogP contribution >= 0.6 is 38.5 Å². The molecular formula is C6H6BrIN2. The summed E-state index contributed by atoms with van der Waals surface area (Å²) in [6.07, 6.45) is 1.76. The zero-order valence-corrected chi connectivity index (χ0v) is 8.89. The molecule has 0 saturated carbocycles. The summed E-state index contributed by atoms with van der Waals surface area (Å²) in [4.78, 5) is 4.11. The molecule has 2 N–H and O–H groups in total. The molecule has 4 heteroatoms. The molecule has 0 bridgehead atoms. The van der Waals surface area contributed by atoms with E-state index >= 15 is 0 Å². The largest absolute Gasteiger partial charge is 0.326 e. The van der Waals surface area contributed by atoms with Crippen molar-refractivity contribution < 1.29 is 0 Å². The average molecular weight is 313 g/mol. The van der Waals surface area contributed by atoms with Crippen molar-refractivity contribution in [2.75, 3.05) is 0 Å². The summed E-state index contributed by atoms with van der Waals surface area (Å²) < 4.78 is 1.96. The summed E-state index contributed by atoms with van der Waals surface area (Å²) in [6.45, 7) is 0.546. The summed E-state index contributed by atoms with van der Waals surface area (Å²) in [5, 5.41) is 0. The minimum atomic E-state index is 0.546. The quantitative estimate of drug-likeness (QED) is 0.635. The van der Waals surface area contributed by atoms with E-state index in [-0.39, 0.29) is 0 Å². The third kappa shape index (κ3) is 1.90. The molecule has 1 heterocycles. The van der Waals surface area contributed by atoms with Crippen molar-refractivity contribution in [1.82, 2.24) is 4.98 Å². The Morgan fingerprint density at radius 3 is 2.90 bits per heavy atom. The highest BCUT2D eigenvalue weighted by atomic mass is 127. The number of aromatic nitrogens is 1. The van der Waals surface area contributed by atoms with Crippen LogP contribution < -0.4 is 5.73 Å². The van der Waals surface area contributed by atoms with Crippen molar-refractivity contribution in [2.24, 2.45) is 5.73 Å². The summed E-state index contributed by atoms with van der Waals surface area (Å²) in [5.74, 6) is 0. The van der Waals surface area contributed by atoms with Gasteiger partial charge < -0.3 is 5.73 Å². The van der Waals surface area contributed by atoms with Gasteiger partial charge in [0, 0.05) is 17.2 Å². The van der Waals surface area contributed by atoms with Gasteiger partial charge in [0.15, 0.2) is 0 Å². The summed E-state index contributed by atoms with van der Waals surface area (Å²) in [6, 6.07) is 1.98. The normalized spacial score (nSPS) is 9.90. The first kappa shape index (κ1) is 8.42. The predicted octanol–water partition coefficient (Wildman–Crippen LogP) is 1.91. The molecule has 1 aromatic rings. The first-order chi connectivity index (χ1) is 4.74. The molecule has 2 nitrogen and oxygen atoms in total. The molecule has 0 aromatic carbocycles. The van der Waals surface area contributed by atoms with Crippen molar-refractivity contribution in [3.05, 3.63) is 26.0 Å². The molecule has 0 aliphatic rings. The van der Waals surface area contributed by atoms with Crippen LogP contribution in [0.4, 0.5) is 0 Å². The Kier molecular flexibility index (Phi) is 3.06. The van der Waals surface area contributed by atoms with Crippen LogP contribution in [0.3, 0.4) is 0 Å². The van der Waals surface area contributed by atoms with E-state index in [1.54, 1.807) is 6.20 Å². The molecule has 54 valence electrons. The van der Waals surface area contributed by atoms with Crippen LogP contribution in [0.1, 0.15) is 5.56 Å². The third-order valence-corrected chi connectivity index (χ3v) is 2.50. The molecule has 0 aliphatic heterocycles. The molecule has 0 fully saturated rings. The summed E-state index contributed by atoms with van der Waals surface area (Å²) in [7, 11) is 0. The zero-order chi connectivity index (χ0) is 7.56. The first-order valence-electron chi connectivity index (χ1n) is 2.74. The van der Waals surface area contributed by atoms with Gasteiger partial charge >= 0.3 is 0 Å². The average Bonchev–Trinajstić information content (AvgIpc) is 1.94. The van der Waals surface area contributed by atoms with Gasteiger partial charge in [0.1, 0.15) is 3.70 Å². The molecule has 0 amide bonds. The van der Waals surface area contributed by atoms with Gasteiger partial charge in [-0.15, -0.1) is 0 Å². The van der Waals surface area contributed by atoms with E-state index in [1.165, 1.54) is 0 Å². The number of hydrogen-bond donors (Lipinski definition) is 1. The Bertz CT molecular complexity index is 239. The first-order valence-corrected chi connectivity index (χ1v) is 4.61. The van der Waals surface area contributed by atoms with Crippen molar-refractivity contribution >= 4 is 38.5 Å². The van der Waals surface area contributed by atoms with Gasteiger partial charge in [-0.1, -0.05) is 0 Å². The van der Waals surface area contributed by atoms with Gasteiger partial charge in [0.05, 0.1) is 0 Å². The van der Waals surface area contributed by atoms with Crippen LogP contribution in [0.15, 0.2) is 16.7 Å². The fourth-order valence-electron chi connectivity index (χ4n) is 0.608. The molecule has 1 rings (SSSR count). The maximum absolute atomic E-state index is 5.45. The number of hydrogen-bond acceptors (Lipinski definition) is 2. The Morgan fingerprint density at radius 1 is 1.70 bits per heavy atom. The van der Waals surface area contributed by atoms with E-state index in [0.717, 1.165) is 13.7 Å². The topological polar surface area (TPSA) is 38.9 Å². The number of nitrogens with two attached hydrogens (primary N) is 1. The van der Waals surface area contributed by atoms with E-state index in [2.05, 4.69) is 43.5 Å². The van der Waals surface area contributed by atoms with Crippen LogP contribution in [0, 0.1) is 3.70 Å². The molecule has 10 heavy (non-hydrogen) atoms. The van der Waals surface area contributed by atoms with Gasteiger partial charge in [-0.3, -0.25) is 0 Å². The Morgan fingerprint density at radius 2 is 2.40 bits per heavy atom. The monoisotopic (exact) mass is 312 g/mol. The molecule has 0 unspecified atom stereocenters. The number of halogens is 2. The fourth-order valence-corrected chi connectivity index (χ4v) is 1.50. The molecule has 0 radical (unpaired) electrons. The second-order valence-corrected chi connectivity index (χ2v) is 3.75. The maximum atomic E-state index is 5.45. The van der Waals surface area contributed by atoms with Crippen LogP contribution in [0.5, 0.6) is 0 Å². The zero-order valence-electron chi connectivity index (χ0n) is 5.14. The van der Waals surface area contributed by atoms with Gasteiger partial charge in [-0.05, 0) is 50.2 Å². The van der Waals surface area contributed by atoms with Gasteiger partial charge in [-0.2, -0.15) is 0 Å². The van der Waals surface area contributed by atoms with Gasteiger partial charge in [-0.25, -0.2) is 4.98 Å². The van der Waals surface area contributed by atoms with Crippen LogP contribution in [0.25, 0.3) is 0 Å². The smallest absolute Gasteiger partial charge is 0.105 e. The van der Waals surface area contributed by atoms with E-state index in [1.807, 2.05) is 6.07 Å². The number of pyridine rings is 1. The van der Waals surface area contributed by atoms with Gasteiger partial charge in [0.25, 0.3) is 0 Å². The van der Waals surface area contributed by atoms with E-state index in [0.29, 0.717) is 6.54 Å². The van der Waals surface area contributed by atoms with Crippen molar-refractivity contribution in [3.8, 4) is 0 Å². The number of nitrogens with zero attached hydrogens (tertiary/aromatic N) is 1. The third-order valence-electron chi connectivity index (χ3n) is 1.10.